The van der Waals surface area contributed by atoms with Crippen LogP contribution in [0.25, 0.3) is 0 Å². The molecule has 1 unspecified atom stereocenters. The summed E-state index contributed by atoms with van der Waals surface area (Å²) in [6.45, 7) is 1.83. The molecule has 0 saturated carbocycles. The molecule has 1 aromatic rings. The van der Waals surface area contributed by atoms with Crippen molar-refractivity contribution in [2.24, 2.45) is 0 Å². The highest BCUT2D eigenvalue weighted by molar-refractivity contribution is 7.92. The van der Waals surface area contributed by atoms with Crippen molar-refractivity contribution in [3.05, 3.63) is 23.8 Å². The molecular weight excluding hydrogens is 264 g/mol. The fourth-order valence-corrected chi connectivity index (χ4v) is 4.06. The van der Waals surface area contributed by atoms with E-state index in [0.717, 1.165) is 12.1 Å². The van der Waals surface area contributed by atoms with Crippen LogP contribution in [-0.2, 0) is 9.84 Å². The van der Waals surface area contributed by atoms with Crippen LogP contribution in [0.4, 0.5) is 11.4 Å². The van der Waals surface area contributed by atoms with E-state index in [2.05, 4.69) is 5.32 Å². The Labute approximate surface area is 113 Å². The molecule has 0 aromatic heterocycles. The monoisotopic (exact) mass is 282 g/mol. The third kappa shape index (κ3) is 3.07. The molecule has 1 atom stereocenters. The van der Waals surface area contributed by atoms with Gasteiger partial charge in [0.2, 0.25) is 0 Å². The van der Waals surface area contributed by atoms with E-state index in [-0.39, 0.29) is 16.8 Å². The smallest absolute Gasteiger partial charge is 0.161 e. The second kappa shape index (κ2) is 5.21. The average molecular weight is 282 g/mol. The van der Waals surface area contributed by atoms with Crippen LogP contribution in [0.1, 0.15) is 30.1 Å². The summed E-state index contributed by atoms with van der Waals surface area (Å²) in [5.41, 5.74) is 7.33. The molecule has 0 bridgehead atoms. The summed E-state index contributed by atoms with van der Waals surface area (Å²) in [5.74, 6) is 0.175. The highest BCUT2D eigenvalue weighted by atomic mass is 32.2. The molecule has 1 aliphatic heterocycles. The van der Waals surface area contributed by atoms with Gasteiger partial charge in [0.15, 0.2) is 15.6 Å². The van der Waals surface area contributed by atoms with E-state index < -0.39 is 9.84 Å². The summed E-state index contributed by atoms with van der Waals surface area (Å²) < 4.78 is 23.4. The minimum atomic E-state index is -2.95. The first kappa shape index (κ1) is 13.9. The Morgan fingerprint density at radius 2 is 2.21 bits per heavy atom. The summed E-state index contributed by atoms with van der Waals surface area (Å²) in [7, 11) is -2.95. The van der Waals surface area contributed by atoms with Gasteiger partial charge in [0.1, 0.15) is 0 Å². The molecule has 0 spiro atoms. The lowest BCUT2D eigenvalue weighted by Crippen LogP contribution is -2.25. The molecule has 1 saturated heterocycles. The molecule has 5 nitrogen and oxygen atoms in total. The number of nitrogen functional groups attached to an aromatic ring is 1. The number of hydrogen-bond donors (Lipinski definition) is 2. The molecule has 1 aromatic carbocycles. The minimum Gasteiger partial charge on any atom is -0.398 e. The topological polar surface area (TPSA) is 89.3 Å². The minimum absolute atomic E-state index is 0.102. The first-order valence-corrected chi connectivity index (χ1v) is 7.97. The zero-order chi connectivity index (χ0) is 14.0. The van der Waals surface area contributed by atoms with Crippen LogP contribution in [0, 0.1) is 0 Å². The van der Waals surface area contributed by atoms with E-state index in [1.165, 1.54) is 6.92 Å². The van der Waals surface area contributed by atoms with E-state index in [4.69, 9.17) is 5.73 Å². The van der Waals surface area contributed by atoms with Gasteiger partial charge >= 0.3 is 0 Å². The Kier molecular flexibility index (Phi) is 3.80. The number of benzene rings is 1. The van der Waals surface area contributed by atoms with Gasteiger partial charge in [-0.2, -0.15) is 0 Å². The molecule has 1 heterocycles. The van der Waals surface area contributed by atoms with Crippen LogP contribution in [0.15, 0.2) is 18.2 Å². The van der Waals surface area contributed by atoms with Crippen molar-refractivity contribution in [1.82, 2.24) is 0 Å². The first-order chi connectivity index (χ1) is 8.90. The number of nitrogens with one attached hydrogen (secondary N) is 1. The Balaban J connectivity index is 2.08. The summed E-state index contributed by atoms with van der Waals surface area (Å²) in [6.07, 6.45) is 1.43. The molecule has 2 rings (SSSR count). The van der Waals surface area contributed by atoms with Gasteiger partial charge in [-0.25, -0.2) is 8.42 Å². The number of anilines is 2. The maximum absolute atomic E-state index is 11.7. The van der Waals surface area contributed by atoms with E-state index in [1.807, 2.05) is 0 Å². The zero-order valence-electron chi connectivity index (χ0n) is 10.8. The highest BCUT2D eigenvalue weighted by Gasteiger charge is 2.30. The number of hydrogen-bond acceptors (Lipinski definition) is 5. The maximum atomic E-state index is 11.7. The highest BCUT2D eigenvalue weighted by Crippen LogP contribution is 2.22. The first-order valence-electron chi connectivity index (χ1n) is 6.26. The third-order valence-electron chi connectivity index (χ3n) is 3.43. The van der Waals surface area contributed by atoms with Gasteiger partial charge in [-0.05, 0) is 38.0 Å². The molecule has 1 aliphatic rings. The van der Waals surface area contributed by atoms with E-state index in [0.29, 0.717) is 24.2 Å². The molecule has 3 N–H and O–H groups in total. The van der Waals surface area contributed by atoms with Crippen molar-refractivity contribution in [1.29, 1.82) is 0 Å². The fraction of sp³-hybridized carbons (Fsp3) is 0.462. The maximum Gasteiger partial charge on any atom is 0.161 e. The average Bonchev–Trinajstić information content (AvgIpc) is 2.67. The Morgan fingerprint density at radius 3 is 2.79 bits per heavy atom. The number of carbonyl (C=O) groups is 1. The van der Waals surface area contributed by atoms with E-state index in [9.17, 15) is 13.2 Å². The second-order valence-corrected chi connectivity index (χ2v) is 7.27. The zero-order valence-corrected chi connectivity index (χ0v) is 11.7. The predicted octanol–water partition coefficient (Wildman–Crippen LogP) is 1.46. The molecule has 19 heavy (non-hydrogen) atoms. The number of carbonyl (C=O) groups excluding carboxylic acids is 1. The summed E-state index contributed by atoms with van der Waals surface area (Å²) in [5, 5.41) is 2.75. The lowest BCUT2D eigenvalue weighted by Gasteiger charge is -2.13. The number of ketones is 1. The van der Waals surface area contributed by atoms with Gasteiger partial charge in [-0.15, -0.1) is 0 Å². The van der Waals surface area contributed by atoms with Gasteiger partial charge < -0.3 is 11.1 Å². The summed E-state index contributed by atoms with van der Waals surface area (Å²) >= 11 is 0. The summed E-state index contributed by atoms with van der Waals surface area (Å²) in [6, 6.07) is 5.07. The standard InChI is InChI=1S/C13H18N2O3S/c1-9(16)12-7-10(4-5-13(12)14)15-8-11-3-2-6-19(11,17)18/h4-5,7,11,15H,2-3,6,8,14H2,1H3. The van der Waals surface area contributed by atoms with Crippen LogP contribution < -0.4 is 11.1 Å². The van der Waals surface area contributed by atoms with Crippen LogP contribution >= 0.6 is 0 Å². The predicted molar refractivity (Wildman–Crippen MR) is 76.2 cm³/mol. The molecule has 0 aliphatic carbocycles. The SMILES string of the molecule is CC(=O)c1cc(NCC2CCCS2(=O)=O)ccc1N. The van der Waals surface area contributed by atoms with Crippen LogP contribution in [0.2, 0.25) is 0 Å². The van der Waals surface area contributed by atoms with Crippen LogP contribution in [0.3, 0.4) is 0 Å². The van der Waals surface area contributed by atoms with Crippen molar-refractivity contribution < 1.29 is 13.2 Å². The van der Waals surface area contributed by atoms with Gasteiger partial charge in [-0.3, -0.25) is 4.79 Å². The molecule has 6 heteroatoms. The Bertz CT molecular complexity index is 596. The van der Waals surface area contributed by atoms with Crippen LogP contribution in [0.5, 0.6) is 0 Å². The van der Waals surface area contributed by atoms with E-state index >= 15 is 0 Å². The molecule has 0 radical (unpaired) electrons. The fourth-order valence-electron chi connectivity index (χ4n) is 2.29. The van der Waals surface area contributed by atoms with Crippen molar-refractivity contribution in [3.63, 3.8) is 0 Å². The van der Waals surface area contributed by atoms with Gasteiger partial charge in [0.25, 0.3) is 0 Å². The molecular formula is C13H18N2O3S. The summed E-state index contributed by atoms with van der Waals surface area (Å²) in [4.78, 5) is 11.4. The lowest BCUT2D eigenvalue weighted by molar-refractivity contribution is 0.101. The molecule has 1 fully saturated rings. The van der Waals surface area contributed by atoms with E-state index in [1.54, 1.807) is 18.2 Å². The number of rotatable bonds is 4. The van der Waals surface area contributed by atoms with Gasteiger partial charge in [0, 0.05) is 23.5 Å². The lowest BCUT2D eigenvalue weighted by atomic mass is 10.1. The number of sulfone groups is 1. The van der Waals surface area contributed by atoms with Crippen molar-refractivity contribution in [2.45, 2.75) is 25.0 Å². The quantitative estimate of drug-likeness (QED) is 0.644. The van der Waals surface area contributed by atoms with Gasteiger partial charge in [-0.1, -0.05) is 0 Å². The largest absolute Gasteiger partial charge is 0.398 e. The van der Waals surface area contributed by atoms with Gasteiger partial charge in [0.05, 0.1) is 11.0 Å². The third-order valence-corrected chi connectivity index (χ3v) is 5.71. The molecule has 104 valence electrons. The van der Waals surface area contributed by atoms with Crippen molar-refractivity contribution >= 4 is 27.0 Å². The van der Waals surface area contributed by atoms with Crippen molar-refractivity contribution in [3.8, 4) is 0 Å². The van der Waals surface area contributed by atoms with Crippen molar-refractivity contribution in [2.75, 3.05) is 23.3 Å². The number of nitrogens with two attached hydrogens (primary N) is 1. The van der Waals surface area contributed by atoms with Crippen LogP contribution in [-0.4, -0.2) is 31.7 Å². The molecule has 0 amide bonds. The normalized spacial score (nSPS) is 21.2. The Hall–Kier alpha value is -1.56. The second-order valence-electron chi connectivity index (χ2n) is 4.87. The Morgan fingerprint density at radius 1 is 1.47 bits per heavy atom. The number of Topliss-reactive ketones (excluding diaryl/α,β-unsaturated/α-hetero) is 1.